The fraction of sp³-hybridized carbons (Fsp3) is 0.333. The Morgan fingerprint density at radius 2 is 1.62 bits per heavy atom. The van der Waals surface area contributed by atoms with Gasteiger partial charge in [-0.3, -0.25) is 4.79 Å². The maximum absolute atomic E-state index is 13.2. The zero-order chi connectivity index (χ0) is 22.9. The molecule has 6 rings (SSSR count). The number of hydrogen-bond acceptors (Lipinski definition) is 8. The highest BCUT2D eigenvalue weighted by molar-refractivity contribution is 7.12. The molecule has 10 heteroatoms. The van der Waals surface area contributed by atoms with Crippen molar-refractivity contribution in [3.05, 3.63) is 64.3 Å². The highest BCUT2D eigenvalue weighted by Gasteiger charge is 2.22. The Morgan fingerprint density at radius 3 is 2.32 bits per heavy atom. The number of aromatic nitrogens is 5. The zero-order valence-electron chi connectivity index (χ0n) is 18.6. The fourth-order valence-corrected chi connectivity index (χ4v) is 5.33. The van der Waals surface area contributed by atoms with E-state index in [4.69, 9.17) is 0 Å². The van der Waals surface area contributed by atoms with Crippen molar-refractivity contribution in [3.63, 3.8) is 0 Å². The topological polar surface area (TPSA) is 123 Å². The minimum Gasteiger partial charge on any atom is -0.341 e. The van der Waals surface area contributed by atoms with E-state index in [1.54, 1.807) is 11.7 Å². The van der Waals surface area contributed by atoms with Gasteiger partial charge in [0.15, 0.2) is 5.82 Å². The number of nitrogens with zero attached hydrogens (tertiary/aromatic N) is 3. The van der Waals surface area contributed by atoms with E-state index in [1.165, 1.54) is 17.8 Å². The number of imidazole rings is 2. The number of H-pyrrole nitrogens is 2. The number of aromatic amines is 2. The van der Waals surface area contributed by atoms with Crippen LogP contribution in [0.25, 0.3) is 11.3 Å². The van der Waals surface area contributed by atoms with E-state index in [-0.39, 0.29) is 11.8 Å². The second kappa shape index (κ2) is 9.13. The number of carbonyl (C=O) groups is 1. The molecule has 4 aromatic rings. The Hall–Kier alpha value is -3.34. The summed E-state index contributed by atoms with van der Waals surface area (Å²) in [5.41, 5.74) is 4.26. The highest BCUT2D eigenvalue weighted by atomic mass is 32.1. The van der Waals surface area contributed by atoms with Crippen molar-refractivity contribution >= 4 is 28.8 Å². The van der Waals surface area contributed by atoms with Crippen LogP contribution in [-0.4, -0.2) is 43.8 Å². The van der Waals surface area contributed by atoms with Gasteiger partial charge in [-0.1, -0.05) is 24.3 Å². The standard InChI is InChI=1S/C24H26N8OS/c33-20(15-7-5-14(6-8-15)18-11-27-22(30-18)16-3-1-9-25-16)21-24(29-13-34-21)32-19-12-28-23(31-19)17-4-2-10-26-17/h5-8,11-13,16-17,25-26,32H,1-4,9-10H2,(H,27,30)(H,28,31). The van der Waals surface area contributed by atoms with Crippen LogP contribution < -0.4 is 16.0 Å². The molecule has 2 fully saturated rings. The predicted octanol–water partition coefficient (Wildman–Crippen LogP) is 4.08. The molecule has 5 N–H and O–H groups in total. The Morgan fingerprint density at radius 1 is 0.912 bits per heavy atom. The Bertz CT molecular complexity index is 1280. The third kappa shape index (κ3) is 4.15. The first-order valence-corrected chi connectivity index (χ1v) is 12.5. The molecule has 0 amide bonds. The average molecular weight is 475 g/mol. The first kappa shape index (κ1) is 21.2. The van der Waals surface area contributed by atoms with Gasteiger partial charge in [0.25, 0.3) is 0 Å². The molecule has 2 unspecified atom stereocenters. The molecule has 2 aliphatic heterocycles. The van der Waals surface area contributed by atoms with Crippen LogP contribution in [0.3, 0.4) is 0 Å². The number of ketones is 1. The number of nitrogens with one attached hydrogen (secondary N) is 5. The summed E-state index contributed by atoms with van der Waals surface area (Å²) in [6.07, 6.45) is 8.10. The fourth-order valence-electron chi connectivity index (χ4n) is 4.63. The van der Waals surface area contributed by atoms with Crippen molar-refractivity contribution in [1.82, 2.24) is 35.6 Å². The van der Waals surface area contributed by atoms with Crippen LogP contribution in [0.2, 0.25) is 0 Å². The summed E-state index contributed by atoms with van der Waals surface area (Å²) in [7, 11) is 0. The molecule has 1 aromatic carbocycles. The van der Waals surface area contributed by atoms with Crippen molar-refractivity contribution in [2.45, 2.75) is 37.8 Å². The number of carbonyl (C=O) groups excluding carboxylic acids is 1. The van der Waals surface area contributed by atoms with Crippen LogP contribution in [-0.2, 0) is 0 Å². The third-order valence-electron chi connectivity index (χ3n) is 6.46. The number of hydrogen-bond donors (Lipinski definition) is 5. The van der Waals surface area contributed by atoms with Crippen molar-refractivity contribution in [2.24, 2.45) is 0 Å². The van der Waals surface area contributed by atoms with Crippen LogP contribution in [0, 0.1) is 0 Å². The van der Waals surface area contributed by atoms with Crippen LogP contribution in [0.5, 0.6) is 0 Å². The minimum atomic E-state index is -0.0609. The number of benzene rings is 1. The second-order valence-corrected chi connectivity index (χ2v) is 9.58. The summed E-state index contributed by atoms with van der Waals surface area (Å²) >= 11 is 1.33. The molecule has 0 spiro atoms. The van der Waals surface area contributed by atoms with E-state index in [0.717, 1.165) is 61.1 Å². The van der Waals surface area contributed by atoms with Crippen LogP contribution in [0.4, 0.5) is 11.6 Å². The zero-order valence-corrected chi connectivity index (χ0v) is 19.4. The van der Waals surface area contributed by atoms with Gasteiger partial charge in [-0.05, 0) is 44.3 Å². The van der Waals surface area contributed by atoms with Crippen molar-refractivity contribution in [1.29, 1.82) is 0 Å². The molecule has 0 bridgehead atoms. The lowest BCUT2D eigenvalue weighted by Crippen LogP contribution is -2.14. The van der Waals surface area contributed by atoms with E-state index in [9.17, 15) is 4.79 Å². The normalized spacial score (nSPS) is 20.1. The maximum Gasteiger partial charge on any atom is 0.206 e. The quantitative estimate of drug-likeness (QED) is 0.256. The monoisotopic (exact) mass is 474 g/mol. The average Bonchev–Trinajstić information content (AvgIpc) is 3.69. The molecule has 0 aliphatic carbocycles. The lowest BCUT2D eigenvalue weighted by atomic mass is 10.1. The smallest absolute Gasteiger partial charge is 0.206 e. The van der Waals surface area contributed by atoms with Crippen molar-refractivity contribution in [3.8, 4) is 11.3 Å². The predicted molar refractivity (Wildman–Crippen MR) is 131 cm³/mol. The van der Waals surface area contributed by atoms with Gasteiger partial charge in [0.2, 0.25) is 5.78 Å². The third-order valence-corrected chi connectivity index (χ3v) is 7.28. The van der Waals surface area contributed by atoms with Crippen molar-refractivity contribution in [2.75, 3.05) is 18.4 Å². The summed E-state index contributed by atoms with van der Waals surface area (Å²) in [6.45, 7) is 2.04. The molecule has 34 heavy (non-hydrogen) atoms. The summed E-state index contributed by atoms with van der Waals surface area (Å²) in [6, 6.07) is 8.18. The Balaban J connectivity index is 1.16. The minimum absolute atomic E-state index is 0.0609. The first-order valence-electron chi connectivity index (χ1n) is 11.7. The van der Waals surface area contributed by atoms with E-state index >= 15 is 0 Å². The lowest BCUT2D eigenvalue weighted by Gasteiger charge is -2.07. The first-order chi connectivity index (χ1) is 16.7. The van der Waals surface area contributed by atoms with Crippen LogP contribution in [0.15, 0.2) is 42.2 Å². The van der Waals surface area contributed by atoms with Gasteiger partial charge in [-0.15, -0.1) is 11.3 Å². The molecular formula is C24H26N8OS. The number of rotatable bonds is 7. The summed E-state index contributed by atoms with van der Waals surface area (Å²) in [5.74, 6) is 3.08. The molecular weight excluding hydrogens is 448 g/mol. The van der Waals surface area contributed by atoms with Gasteiger partial charge in [-0.2, -0.15) is 0 Å². The van der Waals surface area contributed by atoms with E-state index < -0.39 is 0 Å². The summed E-state index contributed by atoms with van der Waals surface area (Å²) < 4.78 is 0. The molecule has 0 radical (unpaired) electrons. The molecule has 5 heterocycles. The van der Waals surface area contributed by atoms with Gasteiger partial charge in [0, 0.05) is 5.56 Å². The molecule has 2 atom stereocenters. The maximum atomic E-state index is 13.2. The number of anilines is 2. The SMILES string of the molecule is O=C(c1ccc(-c2cnc(C3CCCN3)[nH]2)cc1)c1scnc1Nc1cnc(C2CCCN2)[nH]1. The molecule has 2 aliphatic rings. The number of thiazole rings is 1. The van der Waals surface area contributed by atoms with Gasteiger partial charge in [-0.25, -0.2) is 15.0 Å². The lowest BCUT2D eigenvalue weighted by molar-refractivity contribution is 0.104. The molecule has 9 nitrogen and oxygen atoms in total. The van der Waals surface area contributed by atoms with Gasteiger partial charge >= 0.3 is 0 Å². The van der Waals surface area contributed by atoms with Gasteiger partial charge < -0.3 is 25.9 Å². The van der Waals surface area contributed by atoms with Gasteiger partial charge in [0.1, 0.15) is 22.3 Å². The molecule has 0 saturated carbocycles. The van der Waals surface area contributed by atoms with Crippen LogP contribution >= 0.6 is 11.3 Å². The second-order valence-electron chi connectivity index (χ2n) is 8.72. The Kier molecular flexibility index (Phi) is 5.69. The highest BCUT2D eigenvalue weighted by Crippen LogP contribution is 2.28. The summed E-state index contributed by atoms with van der Waals surface area (Å²) in [5, 5.41) is 10.1. The molecule has 174 valence electrons. The van der Waals surface area contributed by atoms with Gasteiger partial charge in [0.05, 0.1) is 35.7 Å². The van der Waals surface area contributed by atoms with E-state index in [2.05, 4.69) is 40.9 Å². The molecule has 2 saturated heterocycles. The summed E-state index contributed by atoms with van der Waals surface area (Å²) in [4.78, 5) is 33.9. The van der Waals surface area contributed by atoms with E-state index in [0.29, 0.717) is 22.3 Å². The Labute approximate surface area is 200 Å². The van der Waals surface area contributed by atoms with E-state index in [1.807, 2.05) is 30.5 Å². The van der Waals surface area contributed by atoms with Crippen LogP contribution in [0.1, 0.15) is 64.7 Å². The van der Waals surface area contributed by atoms with Crippen molar-refractivity contribution < 1.29 is 4.79 Å². The largest absolute Gasteiger partial charge is 0.341 e. The molecule has 3 aromatic heterocycles.